The van der Waals surface area contributed by atoms with Gasteiger partial charge < -0.3 is 14.6 Å². The molecule has 20 heavy (non-hydrogen) atoms. The van der Waals surface area contributed by atoms with Crippen molar-refractivity contribution in [1.82, 2.24) is 0 Å². The minimum Gasteiger partial charge on any atom is -0.481 e. The predicted molar refractivity (Wildman–Crippen MR) is 78.6 cm³/mol. The van der Waals surface area contributed by atoms with Crippen LogP contribution in [0.2, 0.25) is 0 Å². The van der Waals surface area contributed by atoms with E-state index in [9.17, 15) is 9.59 Å². The summed E-state index contributed by atoms with van der Waals surface area (Å²) in [6.45, 7) is 11.8. The first-order chi connectivity index (χ1) is 9.05. The smallest absolute Gasteiger partial charge is 0.311 e. The third-order valence-corrected chi connectivity index (χ3v) is 3.42. The second-order valence-electron chi connectivity index (χ2n) is 5.91. The number of aliphatic carboxylic acids is 1. The number of esters is 1. The number of carboxylic acids is 1. The molecule has 0 radical (unpaired) electrons. The van der Waals surface area contributed by atoms with Crippen LogP contribution in [-0.4, -0.2) is 37.4 Å². The highest BCUT2D eigenvalue weighted by molar-refractivity contribution is 5.75. The fraction of sp³-hybridized carbons (Fsp3) is 0.867. The summed E-state index contributed by atoms with van der Waals surface area (Å²) in [7, 11) is 1.58. The number of hydrogen-bond acceptors (Lipinski definition) is 4. The van der Waals surface area contributed by atoms with Gasteiger partial charge in [-0.25, -0.2) is 0 Å². The Hall–Kier alpha value is -1.10. The van der Waals surface area contributed by atoms with Gasteiger partial charge in [-0.1, -0.05) is 13.8 Å². The van der Waals surface area contributed by atoms with Crippen molar-refractivity contribution >= 4 is 11.9 Å². The Morgan fingerprint density at radius 2 is 1.40 bits per heavy atom. The van der Waals surface area contributed by atoms with E-state index in [2.05, 4.69) is 0 Å². The van der Waals surface area contributed by atoms with Gasteiger partial charge in [-0.2, -0.15) is 0 Å². The Labute approximate surface area is 122 Å². The van der Waals surface area contributed by atoms with Crippen LogP contribution in [-0.2, 0) is 19.1 Å². The van der Waals surface area contributed by atoms with Crippen LogP contribution in [0.3, 0.4) is 0 Å². The molecule has 0 fully saturated rings. The van der Waals surface area contributed by atoms with Gasteiger partial charge in [-0.15, -0.1) is 0 Å². The second-order valence-corrected chi connectivity index (χ2v) is 5.91. The lowest BCUT2D eigenvalue weighted by atomic mass is 9.91. The summed E-state index contributed by atoms with van der Waals surface area (Å²) in [4.78, 5) is 21.5. The SMILES string of the molecule is CCC(C)(C)C(=O)O.CCC(C)(C)C(=O)OCCOC. The number of ether oxygens (including phenoxy) is 2. The van der Waals surface area contributed by atoms with Gasteiger partial charge in [0.05, 0.1) is 17.4 Å². The van der Waals surface area contributed by atoms with E-state index in [1.807, 2.05) is 27.7 Å². The molecule has 0 heterocycles. The Bertz CT molecular complexity index is 295. The van der Waals surface area contributed by atoms with Gasteiger partial charge >= 0.3 is 11.9 Å². The van der Waals surface area contributed by atoms with Crippen LogP contribution in [0, 0.1) is 10.8 Å². The van der Waals surface area contributed by atoms with Crippen molar-refractivity contribution in [3.05, 3.63) is 0 Å². The molecule has 0 unspecified atom stereocenters. The van der Waals surface area contributed by atoms with Crippen molar-refractivity contribution in [2.24, 2.45) is 10.8 Å². The first-order valence-electron chi connectivity index (χ1n) is 6.94. The zero-order chi connectivity index (χ0) is 16.4. The zero-order valence-electron chi connectivity index (χ0n) is 13.9. The van der Waals surface area contributed by atoms with Gasteiger partial charge in [0.25, 0.3) is 0 Å². The lowest BCUT2D eigenvalue weighted by Gasteiger charge is -2.19. The van der Waals surface area contributed by atoms with Crippen molar-refractivity contribution in [2.45, 2.75) is 54.4 Å². The Kier molecular flexibility index (Phi) is 10.3. The number of carbonyl (C=O) groups is 2. The van der Waals surface area contributed by atoms with Crippen LogP contribution < -0.4 is 0 Å². The van der Waals surface area contributed by atoms with Gasteiger partial charge in [0.1, 0.15) is 6.61 Å². The van der Waals surface area contributed by atoms with E-state index in [4.69, 9.17) is 14.6 Å². The Balaban J connectivity index is 0. The lowest BCUT2D eigenvalue weighted by molar-refractivity contribution is -0.155. The maximum Gasteiger partial charge on any atom is 0.311 e. The Morgan fingerprint density at radius 3 is 1.65 bits per heavy atom. The molecule has 0 spiro atoms. The van der Waals surface area contributed by atoms with Crippen LogP contribution >= 0.6 is 0 Å². The van der Waals surface area contributed by atoms with E-state index in [1.165, 1.54) is 0 Å². The third kappa shape index (κ3) is 8.91. The summed E-state index contributed by atoms with van der Waals surface area (Å²) in [5.41, 5.74) is -0.909. The number of methoxy groups -OCH3 is 1. The summed E-state index contributed by atoms with van der Waals surface area (Å²) in [5.74, 6) is -0.873. The number of rotatable bonds is 7. The highest BCUT2D eigenvalue weighted by atomic mass is 16.6. The summed E-state index contributed by atoms with van der Waals surface area (Å²) < 4.78 is 9.74. The van der Waals surface area contributed by atoms with E-state index in [1.54, 1.807) is 21.0 Å². The van der Waals surface area contributed by atoms with Gasteiger partial charge in [-0.05, 0) is 40.5 Å². The molecule has 120 valence electrons. The van der Waals surface area contributed by atoms with E-state index in [0.717, 1.165) is 6.42 Å². The second kappa shape index (κ2) is 9.75. The Morgan fingerprint density at radius 1 is 0.950 bits per heavy atom. The summed E-state index contributed by atoms with van der Waals surface area (Å²) in [5, 5.41) is 8.44. The van der Waals surface area contributed by atoms with Gasteiger partial charge in [-0.3, -0.25) is 9.59 Å². The number of hydrogen-bond donors (Lipinski definition) is 1. The molecule has 0 atom stereocenters. The minimum atomic E-state index is -0.722. The van der Waals surface area contributed by atoms with Gasteiger partial charge in [0.2, 0.25) is 0 Å². The molecule has 0 aliphatic carbocycles. The van der Waals surface area contributed by atoms with Crippen LogP contribution in [0.1, 0.15) is 54.4 Å². The zero-order valence-corrected chi connectivity index (χ0v) is 13.9. The molecule has 0 rings (SSSR count). The van der Waals surface area contributed by atoms with Crippen molar-refractivity contribution in [2.75, 3.05) is 20.3 Å². The fourth-order valence-corrected chi connectivity index (χ4v) is 0.709. The molecular formula is C15H30O5. The highest BCUT2D eigenvalue weighted by Crippen LogP contribution is 2.21. The molecule has 0 aromatic heterocycles. The molecule has 1 N–H and O–H groups in total. The van der Waals surface area contributed by atoms with E-state index < -0.39 is 11.4 Å². The average Bonchev–Trinajstić information content (AvgIpc) is 2.39. The molecule has 5 heteroatoms. The summed E-state index contributed by atoms with van der Waals surface area (Å²) in [6, 6.07) is 0. The summed E-state index contributed by atoms with van der Waals surface area (Å²) >= 11 is 0. The molecule has 0 aliphatic rings. The van der Waals surface area contributed by atoms with Crippen molar-refractivity contribution < 1.29 is 24.2 Å². The topological polar surface area (TPSA) is 72.8 Å². The molecule has 0 saturated heterocycles. The van der Waals surface area contributed by atoms with E-state index >= 15 is 0 Å². The largest absolute Gasteiger partial charge is 0.481 e. The molecule has 0 bridgehead atoms. The maximum absolute atomic E-state index is 11.3. The van der Waals surface area contributed by atoms with Crippen LogP contribution in [0.25, 0.3) is 0 Å². The van der Waals surface area contributed by atoms with Crippen LogP contribution in [0.5, 0.6) is 0 Å². The molecule has 0 amide bonds. The standard InChI is InChI=1S/C9H18O3.C6H12O2/c1-5-9(2,3)8(10)12-7-6-11-4;1-4-6(2,3)5(7)8/h5-7H2,1-4H3;4H2,1-3H3,(H,7,8). The van der Waals surface area contributed by atoms with Crippen molar-refractivity contribution in [3.63, 3.8) is 0 Å². The normalized spacial score (nSPS) is 11.3. The van der Waals surface area contributed by atoms with Crippen molar-refractivity contribution in [1.29, 1.82) is 0 Å². The quantitative estimate of drug-likeness (QED) is 0.576. The fourth-order valence-electron chi connectivity index (χ4n) is 0.709. The van der Waals surface area contributed by atoms with E-state index in [0.29, 0.717) is 19.6 Å². The van der Waals surface area contributed by atoms with Gasteiger partial charge in [0, 0.05) is 7.11 Å². The third-order valence-electron chi connectivity index (χ3n) is 3.42. The van der Waals surface area contributed by atoms with Crippen molar-refractivity contribution in [3.8, 4) is 0 Å². The molecule has 0 aliphatic heterocycles. The van der Waals surface area contributed by atoms with Gasteiger partial charge in [0.15, 0.2) is 0 Å². The maximum atomic E-state index is 11.3. The minimum absolute atomic E-state index is 0.151. The molecule has 0 saturated carbocycles. The molecular weight excluding hydrogens is 260 g/mol. The predicted octanol–water partition coefficient (Wildman–Crippen LogP) is 3.12. The monoisotopic (exact) mass is 290 g/mol. The number of carbonyl (C=O) groups excluding carboxylic acids is 1. The van der Waals surface area contributed by atoms with E-state index in [-0.39, 0.29) is 11.4 Å². The van der Waals surface area contributed by atoms with Crippen LogP contribution in [0.4, 0.5) is 0 Å². The average molecular weight is 290 g/mol. The first-order valence-corrected chi connectivity index (χ1v) is 6.94. The lowest BCUT2D eigenvalue weighted by Crippen LogP contribution is -2.26. The number of carboxylic acid groups (broad SMARTS) is 1. The molecule has 0 aromatic carbocycles. The van der Waals surface area contributed by atoms with Crippen LogP contribution in [0.15, 0.2) is 0 Å². The molecule has 5 nitrogen and oxygen atoms in total. The first kappa shape index (κ1) is 21.2. The highest BCUT2D eigenvalue weighted by Gasteiger charge is 2.26. The summed E-state index contributed by atoms with van der Waals surface area (Å²) in [6.07, 6.45) is 1.47. The molecule has 0 aromatic rings.